The highest BCUT2D eigenvalue weighted by Crippen LogP contribution is 2.36. The smallest absolute Gasteiger partial charge is 0.302 e. The average Bonchev–Trinajstić information content (AvgIpc) is 2.56. The van der Waals surface area contributed by atoms with E-state index in [1.807, 2.05) is 0 Å². The largest absolute Gasteiger partial charge is 0.310 e. The van der Waals surface area contributed by atoms with Gasteiger partial charge in [0.05, 0.1) is 20.4 Å². The van der Waals surface area contributed by atoms with E-state index in [9.17, 15) is 17.1 Å². The van der Waals surface area contributed by atoms with E-state index in [1.165, 1.54) is 17.3 Å². The fourth-order valence-electron chi connectivity index (χ4n) is 2.05. The molecule has 1 aliphatic heterocycles. The van der Waals surface area contributed by atoms with Crippen molar-refractivity contribution < 1.29 is 17.1 Å². The van der Waals surface area contributed by atoms with Gasteiger partial charge in [-0.3, -0.25) is 9.78 Å². The SMILES string of the molecule is O=C1CC(CS(=O)(=O)F)CN1c1c(Br)cncc1Br. The number of nitrogens with zero attached hydrogens (tertiary/aromatic N) is 2. The fourth-order valence-corrected chi connectivity index (χ4v) is 4.20. The number of amides is 1. The molecule has 0 bridgehead atoms. The molecule has 5 nitrogen and oxygen atoms in total. The van der Waals surface area contributed by atoms with E-state index in [4.69, 9.17) is 0 Å². The molecule has 1 saturated heterocycles. The summed E-state index contributed by atoms with van der Waals surface area (Å²) in [5.74, 6) is -1.40. The Morgan fingerprint density at radius 1 is 1.37 bits per heavy atom. The monoisotopic (exact) mass is 414 g/mol. The van der Waals surface area contributed by atoms with Crippen LogP contribution in [0.3, 0.4) is 0 Å². The molecule has 1 atom stereocenters. The molecule has 0 saturated carbocycles. The number of carbonyl (C=O) groups is 1. The van der Waals surface area contributed by atoms with Crippen molar-refractivity contribution in [2.45, 2.75) is 6.42 Å². The van der Waals surface area contributed by atoms with Crippen LogP contribution in [-0.2, 0) is 15.0 Å². The molecule has 104 valence electrons. The van der Waals surface area contributed by atoms with Gasteiger partial charge in [-0.05, 0) is 31.9 Å². The van der Waals surface area contributed by atoms with E-state index in [-0.39, 0.29) is 18.9 Å². The molecule has 1 aromatic rings. The van der Waals surface area contributed by atoms with Gasteiger partial charge >= 0.3 is 10.2 Å². The summed E-state index contributed by atoms with van der Waals surface area (Å²) in [4.78, 5) is 17.3. The normalized spacial score (nSPS) is 20.1. The van der Waals surface area contributed by atoms with Gasteiger partial charge in [-0.2, -0.15) is 8.42 Å². The second-order valence-electron chi connectivity index (χ2n) is 4.23. The molecule has 1 unspecified atom stereocenters. The zero-order valence-corrected chi connectivity index (χ0v) is 13.5. The number of hydrogen-bond donors (Lipinski definition) is 0. The highest BCUT2D eigenvalue weighted by molar-refractivity contribution is 9.11. The number of rotatable bonds is 3. The molecule has 1 aliphatic rings. The lowest BCUT2D eigenvalue weighted by Gasteiger charge is -2.19. The minimum atomic E-state index is -4.57. The summed E-state index contributed by atoms with van der Waals surface area (Å²) < 4.78 is 35.2. The molecule has 2 rings (SSSR count). The summed E-state index contributed by atoms with van der Waals surface area (Å²) >= 11 is 6.57. The Balaban J connectivity index is 2.26. The maximum Gasteiger partial charge on any atom is 0.302 e. The molecule has 0 aliphatic carbocycles. The number of halogens is 3. The van der Waals surface area contributed by atoms with Crippen LogP contribution in [0.5, 0.6) is 0 Å². The molecule has 1 fully saturated rings. The average molecular weight is 416 g/mol. The Kier molecular flexibility index (Phi) is 4.26. The first-order valence-corrected chi connectivity index (χ1v) is 8.43. The van der Waals surface area contributed by atoms with Crippen LogP contribution in [-0.4, -0.2) is 31.6 Å². The lowest BCUT2D eigenvalue weighted by Crippen LogP contribution is -2.26. The van der Waals surface area contributed by atoms with Crippen molar-refractivity contribution in [1.82, 2.24) is 4.98 Å². The fraction of sp³-hybridized carbons (Fsp3) is 0.400. The van der Waals surface area contributed by atoms with Crippen molar-refractivity contribution in [1.29, 1.82) is 0 Å². The quantitative estimate of drug-likeness (QED) is 0.710. The Morgan fingerprint density at radius 2 is 1.95 bits per heavy atom. The Bertz CT molecular complexity index is 603. The first kappa shape index (κ1) is 14.9. The standard InChI is InChI=1S/C10H9Br2FN2O3S/c11-7-2-14-3-8(12)10(7)15-4-6(1-9(15)16)5-19(13,17)18/h2-3,6H,1,4-5H2. The van der Waals surface area contributed by atoms with E-state index in [1.54, 1.807) is 0 Å². The summed E-state index contributed by atoms with van der Waals surface area (Å²) in [5.41, 5.74) is 0.582. The van der Waals surface area contributed by atoms with E-state index >= 15 is 0 Å². The van der Waals surface area contributed by atoms with Crippen molar-refractivity contribution in [2.24, 2.45) is 5.92 Å². The maximum absolute atomic E-state index is 12.7. The van der Waals surface area contributed by atoms with Crippen molar-refractivity contribution >= 4 is 53.7 Å². The molecule has 9 heteroatoms. The topological polar surface area (TPSA) is 67.3 Å². The molecule has 2 heterocycles. The Labute approximate surface area is 126 Å². The van der Waals surface area contributed by atoms with E-state index in [0.717, 1.165) is 0 Å². The zero-order chi connectivity index (χ0) is 14.2. The first-order valence-electron chi connectivity index (χ1n) is 5.29. The number of pyridine rings is 1. The number of anilines is 1. The molecule has 0 aromatic carbocycles. The number of aromatic nitrogens is 1. The van der Waals surface area contributed by atoms with Crippen LogP contribution >= 0.6 is 31.9 Å². The molecule has 0 radical (unpaired) electrons. The second-order valence-corrected chi connectivity index (χ2v) is 7.35. The summed E-state index contributed by atoms with van der Waals surface area (Å²) in [6.45, 7) is 0.170. The number of carbonyl (C=O) groups excluding carboxylic acids is 1. The van der Waals surface area contributed by atoms with Crippen LogP contribution in [0, 0.1) is 5.92 Å². The maximum atomic E-state index is 12.7. The van der Waals surface area contributed by atoms with E-state index in [0.29, 0.717) is 14.6 Å². The van der Waals surface area contributed by atoms with Gasteiger partial charge in [0.15, 0.2) is 0 Å². The van der Waals surface area contributed by atoms with Crippen molar-refractivity contribution in [3.8, 4) is 0 Å². The molecule has 19 heavy (non-hydrogen) atoms. The molecular weight excluding hydrogens is 407 g/mol. The Hall–Kier alpha value is -0.540. The van der Waals surface area contributed by atoms with Gasteiger partial charge in [-0.15, -0.1) is 3.89 Å². The third kappa shape index (κ3) is 3.51. The zero-order valence-electron chi connectivity index (χ0n) is 9.51. The minimum Gasteiger partial charge on any atom is -0.310 e. The van der Waals surface area contributed by atoms with Crippen LogP contribution in [0.25, 0.3) is 0 Å². The van der Waals surface area contributed by atoms with Crippen LogP contribution in [0.1, 0.15) is 6.42 Å². The predicted molar refractivity (Wildman–Crippen MR) is 75.0 cm³/mol. The van der Waals surface area contributed by atoms with Gasteiger partial charge < -0.3 is 4.90 Å². The van der Waals surface area contributed by atoms with Crippen molar-refractivity contribution in [3.63, 3.8) is 0 Å². The van der Waals surface area contributed by atoms with Crippen LogP contribution < -0.4 is 4.90 Å². The van der Waals surface area contributed by atoms with Crippen LogP contribution in [0.4, 0.5) is 9.57 Å². The summed E-state index contributed by atoms with van der Waals surface area (Å²) in [6.07, 6.45) is 3.09. The highest BCUT2D eigenvalue weighted by atomic mass is 79.9. The predicted octanol–water partition coefficient (Wildman–Crippen LogP) is 2.26. The molecular formula is C10H9Br2FN2O3S. The number of hydrogen-bond acceptors (Lipinski definition) is 4. The van der Waals surface area contributed by atoms with Gasteiger partial charge in [0.1, 0.15) is 0 Å². The molecule has 1 amide bonds. The van der Waals surface area contributed by atoms with Gasteiger partial charge in [0.25, 0.3) is 0 Å². The lowest BCUT2D eigenvalue weighted by molar-refractivity contribution is -0.117. The van der Waals surface area contributed by atoms with Gasteiger partial charge in [-0.1, -0.05) is 0 Å². The highest BCUT2D eigenvalue weighted by Gasteiger charge is 2.35. The summed E-state index contributed by atoms with van der Waals surface area (Å²) in [5, 5.41) is 0. The molecule has 1 aromatic heterocycles. The minimum absolute atomic E-state index is 0.0182. The lowest BCUT2D eigenvalue weighted by atomic mass is 10.1. The van der Waals surface area contributed by atoms with Gasteiger partial charge in [-0.25, -0.2) is 0 Å². The van der Waals surface area contributed by atoms with E-state index in [2.05, 4.69) is 36.8 Å². The van der Waals surface area contributed by atoms with Gasteiger partial charge in [0.2, 0.25) is 5.91 Å². The van der Waals surface area contributed by atoms with Crippen LogP contribution in [0.15, 0.2) is 21.3 Å². The van der Waals surface area contributed by atoms with Gasteiger partial charge in [0, 0.05) is 31.3 Å². The summed E-state index contributed by atoms with van der Waals surface area (Å²) in [7, 11) is -4.57. The molecule has 0 N–H and O–H groups in total. The first-order chi connectivity index (χ1) is 8.78. The van der Waals surface area contributed by atoms with E-state index < -0.39 is 21.9 Å². The molecule has 0 spiro atoms. The summed E-state index contributed by atoms with van der Waals surface area (Å²) in [6, 6.07) is 0. The Morgan fingerprint density at radius 3 is 2.47 bits per heavy atom. The third-order valence-corrected chi connectivity index (χ3v) is 4.77. The van der Waals surface area contributed by atoms with Crippen LogP contribution in [0.2, 0.25) is 0 Å². The third-order valence-electron chi connectivity index (χ3n) is 2.74. The van der Waals surface area contributed by atoms with Crippen molar-refractivity contribution in [3.05, 3.63) is 21.3 Å². The second kappa shape index (κ2) is 5.45. The van der Waals surface area contributed by atoms with Crippen molar-refractivity contribution in [2.75, 3.05) is 17.2 Å².